The van der Waals surface area contributed by atoms with Crippen molar-refractivity contribution in [3.05, 3.63) is 74.7 Å². The van der Waals surface area contributed by atoms with Gasteiger partial charge in [0.1, 0.15) is 11.4 Å². The summed E-state index contributed by atoms with van der Waals surface area (Å²) >= 11 is 7.62. The Hall–Kier alpha value is -3.43. The number of primary amides is 1. The van der Waals surface area contributed by atoms with Crippen LogP contribution in [0.1, 0.15) is 50.2 Å². The summed E-state index contributed by atoms with van der Waals surface area (Å²) < 4.78 is 5.27. The Morgan fingerprint density at radius 3 is 2.63 bits per heavy atom. The first-order valence-electron chi connectivity index (χ1n) is 11.1. The second-order valence-corrected chi connectivity index (χ2v) is 9.52. The van der Waals surface area contributed by atoms with E-state index in [1.54, 1.807) is 17.5 Å². The van der Waals surface area contributed by atoms with Gasteiger partial charge >= 0.3 is 0 Å². The zero-order valence-electron chi connectivity index (χ0n) is 19.1. The number of hydrogen-bond acceptors (Lipinski definition) is 6. The molecule has 0 spiro atoms. The Morgan fingerprint density at radius 2 is 1.94 bits per heavy atom. The van der Waals surface area contributed by atoms with Crippen molar-refractivity contribution in [2.45, 2.75) is 25.2 Å². The number of nitrogens with zero attached hydrogens (tertiary/aromatic N) is 2. The van der Waals surface area contributed by atoms with E-state index in [0.29, 0.717) is 29.5 Å². The number of piperidine rings is 1. The maximum Gasteiger partial charge on any atom is 0.275 e. The number of amides is 3. The van der Waals surface area contributed by atoms with E-state index >= 15 is 0 Å². The molecule has 1 aliphatic heterocycles. The number of rotatable bonds is 7. The molecule has 0 unspecified atom stereocenters. The highest BCUT2D eigenvalue weighted by Crippen LogP contribution is 2.32. The van der Waals surface area contributed by atoms with E-state index < -0.39 is 11.8 Å². The van der Waals surface area contributed by atoms with Crippen LogP contribution in [0, 0.1) is 0 Å². The minimum absolute atomic E-state index is 0.0582. The minimum atomic E-state index is -0.601. The van der Waals surface area contributed by atoms with Crippen molar-refractivity contribution in [1.29, 1.82) is 0 Å². The van der Waals surface area contributed by atoms with Gasteiger partial charge in [0.2, 0.25) is 11.8 Å². The molecule has 0 bridgehead atoms. The fraction of sp³-hybridized carbons (Fsp3) is 0.280. The quantitative estimate of drug-likeness (QED) is 0.494. The second kappa shape index (κ2) is 10.9. The monoisotopic (exact) mass is 512 g/mol. The Labute approximate surface area is 212 Å². The molecule has 0 radical (unpaired) electrons. The molecule has 182 valence electrons. The Balaban J connectivity index is 1.36. The standard InChI is InChI=1S/C25H25ClN4O4S/c1-34-21-7-6-17(23(27)32)12-19(21)28-24(33)20-14-35-25(29-20)15-8-10-30(11-9-15)22(31)13-16-4-2-3-5-18(16)26/h2-7,12,14-15H,8-11,13H2,1H3,(H2,27,32)(H,28,33). The van der Waals surface area contributed by atoms with E-state index in [1.807, 2.05) is 23.1 Å². The summed E-state index contributed by atoms with van der Waals surface area (Å²) in [5, 5.41) is 5.93. The minimum Gasteiger partial charge on any atom is -0.495 e. The van der Waals surface area contributed by atoms with Gasteiger partial charge in [0.15, 0.2) is 0 Å². The first kappa shape index (κ1) is 24.7. The van der Waals surface area contributed by atoms with Crippen molar-refractivity contribution in [3.63, 3.8) is 0 Å². The average molecular weight is 513 g/mol. The van der Waals surface area contributed by atoms with Crippen molar-refractivity contribution in [3.8, 4) is 5.75 Å². The number of thiazole rings is 1. The van der Waals surface area contributed by atoms with Crippen LogP contribution in [0.2, 0.25) is 5.02 Å². The first-order valence-corrected chi connectivity index (χ1v) is 12.4. The van der Waals surface area contributed by atoms with Crippen molar-refractivity contribution in [1.82, 2.24) is 9.88 Å². The summed E-state index contributed by atoms with van der Waals surface area (Å²) in [6, 6.07) is 12.0. The van der Waals surface area contributed by atoms with E-state index in [4.69, 9.17) is 22.1 Å². The first-order chi connectivity index (χ1) is 16.9. The maximum atomic E-state index is 12.8. The predicted octanol–water partition coefficient (Wildman–Crippen LogP) is 4.11. The predicted molar refractivity (Wildman–Crippen MR) is 135 cm³/mol. The van der Waals surface area contributed by atoms with Gasteiger partial charge in [0, 0.05) is 35.0 Å². The van der Waals surface area contributed by atoms with Crippen molar-refractivity contribution in [2.24, 2.45) is 5.73 Å². The molecule has 8 nitrogen and oxygen atoms in total. The lowest BCUT2D eigenvalue weighted by Crippen LogP contribution is -2.38. The Bertz CT molecular complexity index is 1250. The van der Waals surface area contributed by atoms with Gasteiger partial charge in [-0.1, -0.05) is 29.8 Å². The number of aromatic nitrogens is 1. The topological polar surface area (TPSA) is 115 Å². The molecule has 1 fully saturated rings. The van der Waals surface area contributed by atoms with Gasteiger partial charge in [-0.15, -0.1) is 11.3 Å². The molecule has 35 heavy (non-hydrogen) atoms. The van der Waals surface area contributed by atoms with Crippen LogP contribution in [0.4, 0.5) is 5.69 Å². The van der Waals surface area contributed by atoms with E-state index in [-0.39, 0.29) is 29.5 Å². The zero-order valence-corrected chi connectivity index (χ0v) is 20.7. The van der Waals surface area contributed by atoms with Crippen molar-refractivity contribution < 1.29 is 19.1 Å². The van der Waals surface area contributed by atoms with Crippen LogP contribution in [0.3, 0.4) is 0 Å². The highest BCUT2D eigenvalue weighted by Gasteiger charge is 2.27. The van der Waals surface area contributed by atoms with Gasteiger partial charge in [-0.05, 0) is 42.7 Å². The van der Waals surface area contributed by atoms with E-state index in [9.17, 15) is 14.4 Å². The van der Waals surface area contributed by atoms with Crippen LogP contribution >= 0.6 is 22.9 Å². The fourth-order valence-electron chi connectivity index (χ4n) is 4.02. The lowest BCUT2D eigenvalue weighted by Gasteiger charge is -2.31. The third kappa shape index (κ3) is 5.80. The smallest absolute Gasteiger partial charge is 0.275 e. The van der Waals surface area contributed by atoms with Crippen LogP contribution in [-0.4, -0.2) is 47.8 Å². The van der Waals surface area contributed by atoms with Gasteiger partial charge in [-0.2, -0.15) is 0 Å². The number of benzene rings is 2. The highest BCUT2D eigenvalue weighted by molar-refractivity contribution is 7.10. The number of methoxy groups -OCH3 is 1. The lowest BCUT2D eigenvalue weighted by molar-refractivity contribution is -0.131. The van der Waals surface area contributed by atoms with Gasteiger partial charge in [0.25, 0.3) is 5.91 Å². The average Bonchev–Trinajstić information content (AvgIpc) is 3.36. The summed E-state index contributed by atoms with van der Waals surface area (Å²) in [6.45, 7) is 1.26. The van der Waals surface area contributed by atoms with E-state index in [2.05, 4.69) is 10.3 Å². The number of carbonyl (C=O) groups is 3. The molecule has 0 atom stereocenters. The molecule has 1 aliphatic rings. The Morgan fingerprint density at radius 1 is 1.20 bits per heavy atom. The second-order valence-electron chi connectivity index (χ2n) is 8.23. The molecule has 3 amide bonds. The summed E-state index contributed by atoms with van der Waals surface area (Å²) in [6.07, 6.45) is 1.83. The molecule has 2 aromatic carbocycles. The number of nitrogens with two attached hydrogens (primary N) is 1. The van der Waals surface area contributed by atoms with Crippen LogP contribution in [0.25, 0.3) is 0 Å². The van der Waals surface area contributed by atoms with Crippen LogP contribution in [0.5, 0.6) is 5.75 Å². The molecule has 1 saturated heterocycles. The molecule has 0 saturated carbocycles. The molecule has 2 heterocycles. The van der Waals surface area contributed by atoms with Crippen LogP contribution in [0.15, 0.2) is 47.8 Å². The number of anilines is 1. The van der Waals surface area contributed by atoms with E-state index in [0.717, 1.165) is 23.4 Å². The van der Waals surface area contributed by atoms with Crippen molar-refractivity contribution in [2.75, 3.05) is 25.5 Å². The summed E-state index contributed by atoms with van der Waals surface area (Å²) in [5.74, 6) is -0.357. The molecule has 3 N–H and O–H groups in total. The number of nitrogens with one attached hydrogen (secondary N) is 1. The molecule has 0 aliphatic carbocycles. The molecular weight excluding hydrogens is 488 g/mol. The molecule has 1 aromatic heterocycles. The third-order valence-corrected chi connectivity index (χ3v) is 7.36. The number of hydrogen-bond donors (Lipinski definition) is 2. The van der Waals surface area contributed by atoms with Crippen LogP contribution in [-0.2, 0) is 11.2 Å². The summed E-state index contributed by atoms with van der Waals surface area (Å²) in [4.78, 5) is 43.4. The third-order valence-electron chi connectivity index (χ3n) is 5.98. The normalized spacial score (nSPS) is 13.9. The fourth-order valence-corrected chi connectivity index (χ4v) is 5.19. The highest BCUT2D eigenvalue weighted by atomic mass is 35.5. The maximum absolute atomic E-state index is 12.8. The number of ether oxygens (including phenoxy) is 1. The number of carbonyl (C=O) groups excluding carboxylic acids is 3. The Kier molecular flexibility index (Phi) is 7.67. The number of halogens is 1. The van der Waals surface area contributed by atoms with E-state index in [1.165, 1.54) is 30.6 Å². The summed E-state index contributed by atoms with van der Waals surface area (Å²) in [7, 11) is 1.47. The van der Waals surface area contributed by atoms with Crippen LogP contribution < -0.4 is 15.8 Å². The van der Waals surface area contributed by atoms with Gasteiger partial charge in [-0.25, -0.2) is 4.98 Å². The van der Waals surface area contributed by atoms with Crippen molar-refractivity contribution >= 4 is 46.3 Å². The largest absolute Gasteiger partial charge is 0.495 e. The van der Waals surface area contributed by atoms with Gasteiger partial charge < -0.3 is 20.7 Å². The molecule has 3 aromatic rings. The van der Waals surface area contributed by atoms with Gasteiger partial charge in [-0.3, -0.25) is 14.4 Å². The molecule has 4 rings (SSSR count). The zero-order chi connectivity index (χ0) is 24.9. The van der Waals surface area contributed by atoms with Gasteiger partial charge in [0.05, 0.1) is 24.2 Å². The number of likely N-dealkylation sites (tertiary alicyclic amines) is 1. The molecular formula is C25H25ClN4O4S. The SMILES string of the molecule is COc1ccc(C(N)=O)cc1NC(=O)c1csc(C2CCN(C(=O)Cc3ccccc3Cl)CC2)n1. The molecule has 10 heteroatoms. The summed E-state index contributed by atoms with van der Waals surface area (Å²) in [5.41, 5.74) is 7.06. The lowest BCUT2D eigenvalue weighted by atomic mass is 9.97.